The van der Waals surface area contributed by atoms with Crippen LogP contribution in [0.25, 0.3) is 0 Å². The van der Waals surface area contributed by atoms with Crippen LogP contribution in [0.1, 0.15) is 60.1 Å². The van der Waals surface area contributed by atoms with Gasteiger partial charge in [0.15, 0.2) is 0 Å². The van der Waals surface area contributed by atoms with Crippen molar-refractivity contribution in [2.24, 2.45) is 0 Å². The number of ether oxygens (including phenoxy) is 1. The first-order valence-corrected chi connectivity index (χ1v) is 11.9. The van der Waals surface area contributed by atoms with E-state index in [9.17, 15) is 18.7 Å². The van der Waals surface area contributed by atoms with E-state index in [0.717, 1.165) is 31.4 Å². The van der Waals surface area contributed by atoms with Crippen LogP contribution in [0.3, 0.4) is 0 Å². The Kier molecular flexibility index (Phi) is 9.17. The van der Waals surface area contributed by atoms with Gasteiger partial charge in [-0.25, -0.2) is 8.78 Å². The highest BCUT2D eigenvalue weighted by Gasteiger charge is 2.27. The summed E-state index contributed by atoms with van der Waals surface area (Å²) in [5.41, 5.74) is 3.01. The highest BCUT2D eigenvalue weighted by molar-refractivity contribution is 5.67. The molecule has 2 N–H and O–H groups in total. The Balaban J connectivity index is 1.57. The molecule has 1 aliphatic heterocycles. The first kappa shape index (κ1) is 26.3. The van der Waals surface area contributed by atoms with Crippen LogP contribution in [0, 0.1) is 25.5 Å². The highest BCUT2D eigenvalue weighted by Crippen LogP contribution is 2.27. The number of carboxylic acids is 1. The number of β-amino-alcohol motifs (C(OH)–C–C–N with tert-alkyl or cyclic N) is 1. The molecule has 2 aromatic rings. The Morgan fingerprint density at radius 2 is 1.94 bits per heavy atom. The van der Waals surface area contributed by atoms with E-state index in [2.05, 4.69) is 4.90 Å². The molecule has 34 heavy (non-hydrogen) atoms. The largest absolute Gasteiger partial charge is 0.481 e. The lowest BCUT2D eigenvalue weighted by Gasteiger charge is -2.28. The number of benzene rings is 2. The molecule has 0 amide bonds. The van der Waals surface area contributed by atoms with Crippen molar-refractivity contribution >= 4 is 5.97 Å². The second-order valence-corrected chi connectivity index (χ2v) is 9.37. The highest BCUT2D eigenvalue weighted by atomic mass is 19.1. The zero-order valence-corrected chi connectivity index (χ0v) is 20.2. The molecule has 0 bridgehead atoms. The van der Waals surface area contributed by atoms with E-state index >= 15 is 0 Å². The van der Waals surface area contributed by atoms with E-state index in [-0.39, 0.29) is 31.3 Å². The van der Waals surface area contributed by atoms with Crippen LogP contribution in [0.5, 0.6) is 0 Å². The van der Waals surface area contributed by atoms with Gasteiger partial charge in [-0.15, -0.1) is 0 Å². The van der Waals surface area contributed by atoms with Gasteiger partial charge in [0.25, 0.3) is 0 Å². The summed E-state index contributed by atoms with van der Waals surface area (Å²) in [6, 6.07) is 9.02. The number of rotatable bonds is 11. The predicted molar refractivity (Wildman–Crippen MR) is 127 cm³/mol. The van der Waals surface area contributed by atoms with Crippen molar-refractivity contribution in [3.05, 3.63) is 69.8 Å². The van der Waals surface area contributed by atoms with Crippen LogP contribution >= 0.6 is 0 Å². The lowest BCUT2D eigenvalue weighted by atomic mass is 9.96. The monoisotopic (exact) mass is 475 g/mol. The number of aliphatic carboxylic acids is 1. The van der Waals surface area contributed by atoms with Crippen LogP contribution in [0.15, 0.2) is 30.3 Å². The molecule has 0 aliphatic carbocycles. The number of hydrogen-bond acceptors (Lipinski definition) is 4. The van der Waals surface area contributed by atoms with Gasteiger partial charge < -0.3 is 14.9 Å². The van der Waals surface area contributed by atoms with Crippen molar-refractivity contribution in [3.8, 4) is 0 Å². The molecule has 3 atom stereocenters. The summed E-state index contributed by atoms with van der Waals surface area (Å²) in [6.45, 7) is 6.58. The number of carboxylic acid groups (broad SMARTS) is 1. The molecule has 1 fully saturated rings. The average Bonchev–Trinajstić information content (AvgIpc) is 3.21. The number of likely N-dealkylation sites (tertiary alicyclic amines) is 1. The lowest BCUT2D eigenvalue weighted by Crippen LogP contribution is -2.39. The normalized spacial score (nSPS) is 18.2. The van der Waals surface area contributed by atoms with Gasteiger partial charge in [0.2, 0.25) is 0 Å². The third-order valence-corrected chi connectivity index (χ3v) is 6.69. The molecule has 1 saturated heterocycles. The van der Waals surface area contributed by atoms with Crippen LogP contribution < -0.4 is 0 Å². The fourth-order valence-corrected chi connectivity index (χ4v) is 4.69. The van der Waals surface area contributed by atoms with Gasteiger partial charge in [-0.1, -0.05) is 24.3 Å². The Morgan fingerprint density at radius 3 is 2.65 bits per heavy atom. The molecule has 1 heterocycles. The minimum atomic E-state index is -0.982. The minimum Gasteiger partial charge on any atom is -0.481 e. The predicted octanol–water partition coefficient (Wildman–Crippen LogP) is 4.74. The van der Waals surface area contributed by atoms with Gasteiger partial charge in [0.05, 0.1) is 18.8 Å². The van der Waals surface area contributed by atoms with Crippen LogP contribution in [-0.2, 0) is 22.4 Å². The number of aliphatic hydroxyl groups is 1. The van der Waals surface area contributed by atoms with Crippen molar-refractivity contribution in [2.45, 2.75) is 71.1 Å². The second-order valence-electron chi connectivity index (χ2n) is 9.37. The topological polar surface area (TPSA) is 70.0 Å². The third kappa shape index (κ3) is 6.84. The van der Waals surface area contributed by atoms with Crippen LogP contribution in [-0.4, -0.2) is 52.9 Å². The molecular weight excluding hydrogens is 440 g/mol. The molecule has 0 spiro atoms. The molecule has 7 heteroatoms. The zero-order valence-electron chi connectivity index (χ0n) is 20.2. The fourth-order valence-electron chi connectivity index (χ4n) is 4.69. The van der Waals surface area contributed by atoms with Gasteiger partial charge in [-0.2, -0.15) is 0 Å². The number of aliphatic hydroxyl groups excluding tert-OH is 1. The number of carbonyl (C=O) groups is 1. The SMILES string of the molecule is Cc1ccc(C[C@@H]2CCCN2C[C@@H](O)CO[C@H](C)c2ccc(C)c(F)c2CCC(=O)O)cc1F. The summed E-state index contributed by atoms with van der Waals surface area (Å²) in [5, 5.41) is 19.6. The molecule has 186 valence electrons. The van der Waals surface area contributed by atoms with Crippen LogP contribution in [0.4, 0.5) is 8.78 Å². The van der Waals surface area contributed by atoms with Gasteiger partial charge in [0, 0.05) is 19.0 Å². The first-order chi connectivity index (χ1) is 16.2. The van der Waals surface area contributed by atoms with E-state index in [1.807, 2.05) is 6.07 Å². The molecule has 2 aromatic carbocycles. The summed E-state index contributed by atoms with van der Waals surface area (Å²) in [4.78, 5) is 13.2. The summed E-state index contributed by atoms with van der Waals surface area (Å²) < 4.78 is 34.5. The third-order valence-electron chi connectivity index (χ3n) is 6.69. The molecular formula is C27H35F2NO4. The maximum atomic E-state index is 14.7. The number of halogens is 2. The first-order valence-electron chi connectivity index (χ1n) is 11.9. The van der Waals surface area contributed by atoms with Crippen molar-refractivity contribution in [1.29, 1.82) is 0 Å². The van der Waals surface area contributed by atoms with Gasteiger partial charge >= 0.3 is 5.97 Å². The van der Waals surface area contributed by atoms with Crippen molar-refractivity contribution in [2.75, 3.05) is 19.7 Å². The Bertz CT molecular complexity index is 997. The summed E-state index contributed by atoms with van der Waals surface area (Å²) >= 11 is 0. The summed E-state index contributed by atoms with van der Waals surface area (Å²) in [7, 11) is 0. The van der Waals surface area contributed by atoms with E-state index in [0.29, 0.717) is 28.8 Å². The summed E-state index contributed by atoms with van der Waals surface area (Å²) in [6.07, 6.45) is 1.46. The molecule has 0 saturated carbocycles. The molecule has 0 radical (unpaired) electrons. The zero-order chi connectivity index (χ0) is 24.8. The number of hydrogen-bond donors (Lipinski definition) is 2. The Hall–Kier alpha value is -2.35. The van der Waals surface area contributed by atoms with E-state index in [1.165, 1.54) is 0 Å². The number of aryl methyl sites for hydroxylation is 2. The Morgan fingerprint density at radius 1 is 1.21 bits per heavy atom. The van der Waals surface area contributed by atoms with Crippen molar-refractivity contribution in [3.63, 3.8) is 0 Å². The van der Waals surface area contributed by atoms with Gasteiger partial charge in [0.1, 0.15) is 11.6 Å². The van der Waals surface area contributed by atoms with Crippen molar-refractivity contribution < 1.29 is 28.5 Å². The maximum absolute atomic E-state index is 14.7. The fraction of sp³-hybridized carbons (Fsp3) is 0.519. The molecule has 0 unspecified atom stereocenters. The lowest BCUT2D eigenvalue weighted by molar-refractivity contribution is -0.136. The average molecular weight is 476 g/mol. The quantitative estimate of drug-likeness (QED) is 0.491. The van der Waals surface area contributed by atoms with E-state index in [4.69, 9.17) is 9.84 Å². The van der Waals surface area contributed by atoms with Gasteiger partial charge in [-0.3, -0.25) is 9.69 Å². The molecule has 1 aliphatic rings. The standard InChI is InChI=1S/C27H35F2NO4/c1-17-6-8-20(14-25(17)28)13-21-5-4-12-30(21)15-22(31)16-34-19(3)23-9-7-18(2)27(29)24(23)10-11-26(32)33/h6-9,14,19,21-22,31H,4-5,10-13,15-16H2,1-3H3,(H,32,33)/t19-,21+,22-/m1/s1. The van der Waals surface area contributed by atoms with Crippen LogP contribution in [0.2, 0.25) is 0 Å². The minimum absolute atomic E-state index is 0.0808. The second kappa shape index (κ2) is 11.9. The van der Waals surface area contributed by atoms with Gasteiger partial charge in [-0.05, 0) is 86.9 Å². The molecule has 0 aromatic heterocycles. The summed E-state index contributed by atoms with van der Waals surface area (Å²) in [5.74, 6) is -1.58. The molecule has 3 rings (SSSR count). The van der Waals surface area contributed by atoms with E-state index < -0.39 is 24.0 Å². The maximum Gasteiger partial charge on any atom is 0.303 e. The Labute approximate surface area is 200 Å². The molecule has 5 nitrogen and oxygen atoms in total. The smallest absolute Gasteiger partial charge is 0.303 e. The van der Waals surface area contributed by atoms with Crippen molar-refractivity contribution in [1.82, 2.24) is 4.90 Å². The van der Waals surface area contributed by atoms with E-state index in [1.54, 1.807) is 45.0 Å². The number of nitrogens with zero attached hydrogens (tertiary/aromatic N) is 1.